The van der Waals surface area contributed by atoms with Gasteiger partial charge in [-0.3, -0.25) is 0 Å². The van der Waals surface area contributed by atoms with Gasteiger partial charge in [0, 0.05) is 11.7 Å². The first kappa shape index (κ1) is 13.6. The molecule has 0 radical (unpaired) electrons. The second-order valence-corrected chi connectivity index (χ2v) is 5.19. The third kappa shape index (κ3) is 2.74. The molecule has 1 heterocycles. The first-order valence-electron chi connectivity index (χ1n) is 6.53. The van der Waals surface area contributed by atoms with Crippen molar-refractivity contribution >= 4 is 17.3 Å². The summed E-state index contributed by atoms with van der Waals surface area (Å²) in [6.45, 7) is 2.31. The van der Waals surface area contributed by atoms with Gasteiger partial charge in [-0.05, 0) is 42.8 Å². The molecule has 1 unspecified atom stereocenters. The van der Waals surface area contributed by atoms with Gasteiger partial charge in [0.15, 0.2) is 11.5 Å². The number of nitriles is 1. The van der Waals surface area contributed by atoms with E-state index < -0.39 is 0 Å². The van der Waals surface area contributed by atoms with Crippen molar-refractivity contribution in [3.05, 3.63) is 52.5 Å². The average molecular weight is 301 g/mol. The Morgan fingerprint density at radius 2 is 2.00 bits per heavy atom. The van der Waals surface area contributed by atoms with E-state index in [9.17, 15) is 0 Å². The number of benzene rings is 2. The molecule has 106 valence electrons. The molecule has 1 aliphatic heterocycles. The Morgan fingerprint density at radius 1 is 1.19 bits per heavy atom. The molecule has 2 aromatic rings. The normalized spacial score (nSPS) is 13.6. The van der Waals surface area contributed by atoms with Crippen LogP contribution in [0.5, 0.6) is 11.5 Å². The van der Waals surface area contributed by atoms with E-state index in [2.05, 4.69) is 5.32 Å². The van der Waals surface area contributed by atoms with Gasteiger partial charge in [0.05, 0.1) is 10.6 Å². The number of hydrogen-bond acceptors (Lipinski definition) is 4. The first-order chi connectivity index (χ1) is 10.2. The predicted molar refractivity (Wildman–Crippen MR) is 80.8 cm³/mol. The zero-order valence-electron chi connectivity index (χ0n) is 11.4. The van der Waals surface area contributed by atoms with E-state index in [0.29, 0.717) is 10.6 Å². The molecule has 0 saturated carbocycles. The number of halogens is 1. The van der Waals surface area contributed by atoms with E-state index in [4.69, 9.17) is 26.3 Å². The van der Waals surface area contributed by atoms with Gasteiger partial charge in [0.25, 0.3) is 0 Å². The highest BCUT2D eigenvalue weighted by Crippen LogP contribution is 2.35. The average Bonchev–Trinajstić information content (AvgIpc) is 2.94. The summed E-state index contributed by atoms with van der Waals surface area (Å²) in [6, 6.07) is 13.3. The molecular weight excluding hydrogens is 288 g/mol. The molecule has 21 heavy (non-hydrogen) atoms. The summed E-state index contributed by atoms with van der Waals surface area (Å²) in [7, 11) is 0. The fourth-order valence-corrected chi connectivity index (χ4v) is 2.43. The van der Waals surface area contributed by atoms with Crippen LogP contribution in [-0.2, 0) is 0 Å². The summed E-state index contributed by atoms with van der Waals surface area (Å²) in [6.07, 6.45) is 0. The summed E-state index contributed by atoms with van der Waals surface area (Å²) in [5, 5.41) is 12.7. The standard InChI is InChI=1S/C16H13ClN2O2/c1-10(11-3-5-15-16(6-11)21-9-20-15)19-13-4-2-12(8-18)14(17)7-13/h2-7,10,19H,9H2,1H3. The SMILES string of the molecule is CC(Nc1ccc(C#N)c(Cl)c1)c1ccc2c(c1)OCO2. The molecule has 1 atom stereocenters. The van der Waals surface area contributed by atoms with Crippen molar-refractivity contribution in [2.45, 2.75) is 13.0 Å². The van der Waals surface area contributed by atoms with E-state index in [-0.39, 0.29) is 12.8 Å². The molecule has 0 bridgehead atoms. The Kier molecular flexibility index (Phi) is 3.59. The second kappa shape index (κ2) is 5.55. The molecular formula is C16H13ClN2O2. The minimum atomic E-state index is 0.0727. The van der Waals surface area contributed by atoms with Crippen molar-refractivity contribution in [1.82, 2.24) is 0 Å². The van der Waals surface area contributed by atoms with E-state index in [1.54, 1.807) is 12.1 Å². The quantitative estimate of drug-likeness (QED) is 0.926. The molecule has 1 N–H and O–H groups in total. The maximum absolute atomic E-state index is 8.88. The van der Waals surface area contributed by atoms with Crippen molar-refractivity contribution in [3.63, 3.8) is 0 Å². The fourth-order valence-electron chi connectivity index (χ4n) is 2.21. The minimum Gasteiger partial charge on any atom is -0.454 e. The van der Waals surface area contributed by atoms with Crippen LogP contribution in [0.2, 0.25) is 5.02 Å². The monoisotopic (exact) mass is 300 g/mol. The summed E-state index contributed by atoms with van der Waals surface area (Å²) in [5.41, 5.74) is 2.42. The molecule has 1 aliphatic rings. The highest BCUT2D eigenvalue weighted by Gasteiger charge is 2.15. The third-order valence-corrected chi connectivity index (χ3v) is 3.68. The number of ether oxygens (including phenoxy) is 2. The molecule has 0 fully saturated rings. The molecule has 3 rings (SSSR count). The number of fused-ring (bicyclic) bond motifs is 1. The smallest absolute Gasteiger partial charge is 0.231 e. The van der Waals surface area contributed by atoms with Crippen LogP contribution in [0.25, 0.3) is 0 Å². The second-order valence-electron chi connectivity index (χ2n) is 4.79. The zero-order chi connectivity index (χ0) is 14.8. The highest BCUT2D eigenvalue weighted by atomic mass is 35.5. The number of anilines is 1. The van der Waals surface area contributed by atoms with Crippen LogP contribution in [0, 0.1) is 11.3 Å². The van der Waals surface area contributed by atoms with Gasteiger partial charge in [-0.1, -0.05) is 17.7 Å². The largest absolute Gasteiger partial charge is 0.454 e. The van der Waals surface area contributed by atoms with Crippen LogP contribution < -0.4 is 14.8 Å². The molecule has 0 spiro atoms. The van der Waals surface area contributed by atoms with E-state index in [1.807, 2.05) is 37.3 Å². The van der Waals surface area contributed by atoms with Crippen LogP contribution in [0.4, 0.5) is 5.69 Å². The zero-order valence-corrected chi connectivity index (χ0v) is 12.1. The molecule has 4 nitrogen and oxygen atoms in total. The van der Waals surface area contributed by atoms with E-state index in [0.717, 1.165) is 22.7 Å². The van der Waals surface area contributed by atoms with Gasteiger partial charge in [0.2, 0.25) is 6.79 Å². The van der Waals surface area contributed by atoms with Crippen LogP contribution in [0.1, 0.15) is 24.1 Å². The van der Waals surface area contributed by atoms with Crippen molar-refractivity contribution in [1.29, 1.82) is 5.26 Å². The van der Waals surface area contributed by atoms with Crippen LogP contribution in [0.3, 0.4) is 0 Å². The van der Waals surface area contributed by atoms with Crippen molar-refractivity contribution in [2.75, 3.05) is 12.1 Å². The van der Waals surface area contributed by atoms with Gasteiger partial charge < -0.3 is 14.8 Å². The summed E-state index contributed by atoms with van der Waals surface area (Å²) < 4.78 is 10.7. The Balaban J connectivity index is 1.78. The topological polar surface area (TPSA) is 54.3 Å². The first-order valence-corrected chi connectivity index (χ1v) is 6.91. The molecule has 0 aromatic heterocycles. The van der Waals surface area contributed by atoms with Crippen LogP contribution in [0.15, 0.2) is 36.4 Å². The summed E-state index contributed by atoms with van der Waals surface area (Å²) in [4.78, 5) is 0. The number of hydrogen-bond donors (Lipinski definition) is 1. The number of rotatable bonds is 3. The van der Waals surface area contributed by atoms with Gasteiger partial charge in [0.1, 0.15) is 6.07 Å². The van der Waals surface area contributed by atoms with Crippen molar-refractivity contribution in [2.24, 2.45) is 0 Å². The highest BCUT2D eigenvalue weighted by molar-refractivity contribution is 6.32. The Labute approximate surface area is 127 Å². The summed E-state index contributed by atoms with van der Waals surface area (Å²) in [5.74, 6) is 1.53. The Morgan fingerprint density at radius 3 is 2.76 bits per heavy atom. The molecule has 2 aromatic carbocycles. The van der Waals surface area contributed by atoms with Gasteiger partial charge >= 0.3 is 0 Å². The lowest BCUT2D eigenvalue weighted by Gasteiger charge is -2.16. The lowest BCUT2D eigenvalue weighted by Crippen LogP contribution is -2.06. The lowest BCUT2D eigenvalue weighted by atomic mass is 10.1. The number of nitrogens with zero attached hydrogens (tertiary/aromatic N) is 1. The maximum atomic E-state index is 8.88. The minimum absolute atomic E-state index is 0.0727. The van der Waals surface area contributed by atoms with Gasteiger partial charge in [-0.15, -0.1) is 0 Å². The molecule has 5 heteroatoms. The maximum Gasteiger partial charge on any atom is 0.231 e. The predicted octanol–water partition coefficient (Wildman–Crippen LogP) is 4.11. The lowest BCUT2D eigenvalue weighted by molar-refractivity contribution is 0.174. The molecule has 0 amide bonds. The van der Waals surface area contributed by atoms with Crippen LogP contribution in [-0.4, -0.2) is 6.79 Å². The van der Waals surface area contributed by atoms with Crippen LogP contribution >= 0.6 is 11.6 Å². The molecule has 0 saturated heterocycles. The van der Waals surface area contributed by atoms with Crippen molar-refractivity contribution in [3.8, 4) is 17.6 Å². The van der Waals surface area contributed by atoms with Gasteiger partial charge in [-0.25, -0.2) is 0 Å². The fraction of sp³-hybridized carbons (Fsp3) is 0.188. The Hall–Kier alpha value is -2.38. The Bertz CT molecular complexity index is 725. The van der Waals surface area contributed by atoms with E-state index >= 15 is 0 Å². The van der Waals surface area contributed by atoms with E-state index in [1.165, 1.54) is 0 Å². The number of nitrogens with one attached hydrogen (secondary N) is 1. The van der Waals surface area contributed by atoms with Gasteiger partial charge in [-0.2, -0.15) is 5.26 Å². The molecule has 0 aliphatic carbocycles. The van der Waals surface area contributed by atoms with Crippen molar-refractivity contribution < 1.29 is 9.47 Å². The third-order valence-electron chi connectivity index (χ3n) is 3.37. The summed E-state index contributed by atoms with van der Waals surface area (Å²) >= 11 is 6.04.